The molecule has 82 valence electrons. The Bertz CT molecular complexity index is 331. The molecule has 15 heavy (non-hydrogen) atoms. The number of rotatable bonds is 5. The quantitative estimate of drug-likeness (QED) is 0.726. The van der Waals surface area contributed by atoms with Crippen LogP contribution in [-0.2, 0) is 0 Å². The Morgan fingerprint density at radius 3 is 2.87 bits per heavy atom. The van der Waals surface area contributed by atoms with Crippen LogP contribution >= 0.6 is 0 Å². The predicted octanol–water partition coefficient (Wildman–Crippen LogP) is 2.93. The van der Waals surface area contributed by atoms with E-state index < -0.39 is 0 Å². The Labute approximate surface area is 91.4 Å². The van der Waals surface area contributed by atoms with Gasteiger partial charge in [-0.1, -0.05) is 20.8 Å². The molecule has 0 radical (unpaired) electrons. The van der Waals surface area contributed by atoms with Gasteiger partial charge in [0.05, 0.1) is 0 Å². The minimum absolute atomic E-state index is 0.233. The molecule has 1 rings (SSSR count). The molecule has 0 unspecified atom stereocenters. The van der Waals surface area contributed by atoms with Crippen LogP contribution in [0.4, 0.5) is 5.82 Å². The van der Waals surface area contributed by atoms with Crippen molar-refractivity contribution >= 4 is 11.5 Å². The fourth-order valence-electron chi connectivity index (χ4n) is 1.32. The van der Waals surface area contributed by atoms with Crippen LogP contribution in [-0.4, -0.2) is 17.2 Å². The summed E-state index contributed by atoms with van der Waals surface area (Å²) >= 11 is 0. The summed E-state index contributed by atoms with van der Waals surface area (Å²) in [5.41, 5.74) is 1.56. The van der Waals surface area contributed by atoms with Gasteiger partial charge in [-0.3, -0.25) is 0 Å². The van der Waals surface area contributed by atoms with Crippen LogP contribution in [0.3, 0.4) is 0 Å². The molecular formula is C12H19N3. The lowest BCUT2D eigenvalue weighted by atomic mass is 10.0. The van der Waals surface area contributed by atoms with Crippen molar-refractivity contribution in [3.05, 3.63) is 23.9 Å². The minimum atomic E-state index is 0.233. The molecule has 0 aliphatic rings. The number of anilines is 1. The third kappa shape index (κ3) is 3.05. The Kier molecular flexibility index (Phi) is 4.28. The van der Waals surface area contributed by atoms with Crippen LogP contribution in [0.5, 0.6) is 0 Å². The first-order chi connectivity index (χ1) is 7.16. The van der Waals surface area contributed by atoms with Crippen molar-refractivity contribution in [3.63, 3.8) is 0 Å². The molecule has 0 spiro atoms. The topological polar surface area (TPSA) is 48.8 Å². The molecule has 2 N–H and O–H groups in total. The van der Waals surface area contributed by atoms with Crippen molar-refractivity contribution in [1.29, 1.82) is 5.41 Å². The number of pyridine rings is 1. The average Bonchev–Trinajstić information content (AvgIpc) is 2.25. The zero-order valence-corrected chi connectivity index (χ0v) is 9.67. The summed E-state index contributed by atoms with van der Waals surface area (Å²) in [4.78, 5) is 4.27. The fourth-order valence-corrected chi connectivity index (χ4v) is 1.32. The maximum absolute atomic E-state index is 7.98. The van der Waals surface area contributed by atoms with Gasteiger partial charge in [0.15, 0.2) is 0 Å². The van der Waals surface area contributed by atoms with Gasteiger partial charge in [-0.05, 0) is 24.5 Å². The van der Waals surface area contributed by atoms with Crippen molar-refractivity contribution in [1.82, 2.24) is 4.98 Å². The molecule has 0 bridgehead atoms. The molecule has 0 atom stereocenters. The Balaban J connectivity index is 2.90. The van der Waals surface area contributed by atoms with E-state index in [0.29, 0.717) is 5.71 Å². The number of hydrogen-bond acceptors (Lipinski definition) is 3. The number of nitrogens with zero attached hydrogens (tertiary/aromatic N) is 1. The molecule has 0 fully saturated rings. The van der Waals surface area contributed by atoms with Crippen LogP contribution in [0.25, 0.3) is 0 Å². The second-order valence-electron chi connectivity index (χ2n) is 3.89. The first-order valence-corrected chi connectivity index (χ1v) is 5.44. The summed E-state index contributed by atoms with van der Waals surface area (Å²) in [5, 5.41) is 11.2. The van der Waals surface area contributed by atoms with Crippen LogP contribution in [0, 0.1) is 11.3 Å². The van der Waals surface area contributed by atoms with Crippen molar-refractivity contribution in [2.75, 3.05) is 11.9 Å². The van der Waals surface area contributed by atoms with Crippen LogP contribution in [0.1, 0.15) is 32.8 Å². The number of hydrogen-bond donors (Lipinski definition) is 2. The van der Waals surface area contributed by atoms with E-state index >= 15 is 0 Å². The largest absolute Gasteiger partial charge is 0.370 e. The van der Waals surface area contributed by atoms with E-state index in [1.807, 2.05) is 26.0 Å². The highest BCUT2D eigenvalue weighted by atomic mass is 15.0. The smallest absolute Gasteiger partial charge is 0.135 e. The van der Waals surface area contributed by atoms with Gasteiger partial charge in [0.2, 0.25) is 0 Å². The highest BCUT2D eigenvalue weighted by molar-refractivity contribution is 6.03. The van der Waals surface area contributed by atoms with Crippen molar-refractivity contribution in [2.45, 2.75) is 27.2 Å². The van der Waals surface area contributed by atoms with Gasteiger partial charge in [-0.25, -0.2) is 4.98 Å². The van der Waals surface area contributed by atoms with Gasteiger partial charge in [0, 0.05) is 24.0 Å². The lowest BCUT2D eigenvalue weighted by Crippen LogP contribution is -2.13. The van der Waals surface area contributed by atoms with Crippen molar-refractivity contribution in [3.8, 4) is 0 Å². The molecule has 0 aliphatic carbocycles. The first-order valence-electron chi connectivity index (χ1n) is 5.44. The molecular weight excluding hydrogens is 186 g/mol. The normalized spacial score (nSPS) is 10.4. The summed E-state index contributed by atoms with van der Waals surface area (Å²) in [5.74, 6) is 1.06. The van der Waals surface area contributed by atoms with Gasteiger partial charge in [-0.2, -0.15) is 0 Å². The zero-order valence-electron chi connectivity index (χ0n) is 9.67. The molecule has 1 heterocycles. The third-order valence-electron chi connectivity index (χ3n) is 2.22. The van der Waals surface area contributed by atoms with E-state index in [4.69, 9.17) is 5.41 Å². The summed E-state index contributed by atoms with van der Waals surface area (Å²) in [6.45, 7) is 7.07. The van der Waals surface area contributed by atoms with Gasteiger partial charge < -0.3 is 10.7 Å². The second kappa shape index (κ2) is 5.49. The van der Waals surface area contributed by atoms with E-state index in [-0.39, 0.29) is 5.92 Å². The van der Waals surface area contributed by atoms with E-state index in [1.165, 1.54) is 0 Å². The first kappa shape index (κ1) is 11.7. The van der Waals surface area contributed by atoms with Gasteiger partial charge in [0.1, 0.15) is 5.82 Å². The number of aromatic nitrogens is 1. The van der Waals surface area contributed by atoms with Crippen molar-refractivity contribution in [2.24, 2.45) is 5.92 Å². The van der Waals surface area contributed by atoms with Gasteiger partial charge in [0.25, 0.3) is 0 Å². The highest BCUT2D eigenvalue weighted by Gasteiger charge is 2.10. The summed E-state index contributed by atoms with van der Waals surface area (Å²) in [6.07, 6.45) is 2.82. The Morgan fingerprint density at radius 2 is 2.27 bits per heavy atom. The molecule has 0 aromatic carbocycles. The third-order valence-corrected chi connectivity index (χ3v) is 2.22. The zero-order chi connectivity index (χ0) is 11.3. The monoisotopic (exact) mass is 205 g/mol. The van der Waals surface area contributed by atoms with E-state index in [2.05, 4.69) is 17.2 Å². The highest BCUT2D eigenvalue weighted by Crippen LogP contribution is 2.15. The van der Waals surface area contributed by atoms with E-state index in [9.17, 15) is 0 Å². The maximum Gasteiger partial charge on any atom is 0.135 e. The molecule has 3 heteroatoms. The summed E-state index contributed by atoms with van der Waals surface area (Å²) in [7, 11) is 0. The maximum atomic E-state index is 7.98. The minimum Gasteiger partial charge on any atom is -0.370 e. The average molecular weight is 205 g/mol. The van der Waals surface area contributed by atoms with E-state index in [1.54, 1.807) is 6.20 Å². The fraction of sp³-hybridized carbons (Fsp3) is 0.500. The van der Waals surface area contributed by atoms with Crippen LogP contribution in [0.2, 0.25) is 0 Å². The molecule has 1 aromatic rings. The Hall–Kier alpha value is -1.38. The SMILES string of the molecule is CCCNc1ncccc1C(=N)C(C)C. The molecule has 0 saturated heterocycles. The summed E-state index contributed by atoms with van der Waals surface area (Å²) in [6, 6.07) is 3.83. The molecule has 0 saturated carbocycles. The Morgan fingerprint density at radius 1 is 1.53 bits per heavy atom. The molecule has 3 nitrogen and oxygen atoms in total. The lowest BCUT2D eigenvalue weighted by molar-refractivity contribution is 0.875. The molecule has 0 amide bonds. The van der Waals surface area contributed by atoms with E-state index in [0.717, 1.165) is 24.3 Å². The summed E-state index contributed by atoms with van der Waals surface area (Å²) < 4.78 is 0. The van der Waals surface area contributed by atoms with Crippen LogP contribution < -0.4 is 5.32 Å². The predicted molar refractivity (Wildman–Crippen MR) is 64.7 cm³/mol. The van der Waals surface area contributed by atoms with Gasteiger partial charge in [-0.15, -0.1) is 0 Å². The number of nitrogens with one attached hydrogen (secondary N) is 2. The second-order valence-corrected chi connectivity index (χ2v) is 3.89. The van der Waals surface area contributed by atoms with Gasteiger partial charge >= 0.3 is 0 Å². The molecule has 0 aliphatic heterocycles. The van der Waals surface area contributed by atoms with Crippen LogP contribution in [0.15, 0.2) is 18.3 Å². The van der Waals surface area contributed by atoms with Crippen molar-refractivity contribution < 1.29 is 0 Å². The standard InChI is InChI=1S/C12H19N3/c1-4-7-14-12-10(6-5-8-15-12)11(13)9(2)3/h5-6,8-9,13H,4,7H2,1-3H3,(H,14,15). The lowest BCUT2D eigenvalue weighted by Gasteiger charge is -2.13. The molecule has 1 aromatic heterocycles.